The third-order valence-corrected chi connectivity index (χ3v) is 4.25. The zero-order valence-electron chi connectivity index (χ0n) is 14.4. The van der Waals surface area contributed by atoms with Gasteiger partial charge in [0.25, 0.3) is 5.91 Å². The average Bonchev–Trinajstić information content (AvgIpc) is 3.12. The van der Waals surface area contributed by atoms with Gasteiger partial charge < -0.3 is 10.1 Å². The van der Waals surface area contributed by atoms with Gasteiger partial charge in [-0.15, -0.1) is 5.10 Å². The molecule has 2 aromatic carbocycles. The van der Waals surface area contributed by atoms with Crippen LogP contribution < -0.4 is 10.1 Å². The van der Waals surface area contributed by atoms with E-state index in [1.807, 2.05) is 30.3 Å². The van der Waals surface area contributed by atoms with Crippen LogP contribution in [-0.4, -0.2) is 34.1 Å². The molecule has 0 aliphatic rings. The van der Waals surface area contributed by atoms with Crippen LogP contribution in [0.3, 0.4) is 0 Å². The van der Waals surface area contributed by atoms with Crippen molar-refractivity contribution in [3.63, 3.8) is 0 Å². The molecule has 8 heteroatoms. The van der Waals surface area contributed by atoms with E-state index < -0.39 is 0 Å². The Morgan fingerprint density at radius 1 is 1.15 bits per heavy atom. The molecule has 0 saturated heterocycles. The molecule has 1 amide bonds. The first-order valence-electron chi connectivity index (χ1n) is 8.42. The molecule has 0 aliphatic heterocycles. The first-order chi connectivity index (χ1) is 13.1. The van der Waals surface area contributed by atoms with Crippen molar-refractivity contribution >= 4 is 29.1 Å². The lowest BCUT2D eigenvalue weighted by molar-refractivity contribution is 0.0946. The van der Waals surface area contributed by atoms with Crippen molar-refractivity contribution in [1.82, 2.24) is 20.3 Å². The molecule has 0 spiro atoms. The summed E-state index contributed by atoms with van der Waals surface area (Å²) in [6.45, 7) is 1.44. The zero-order valence-corrected chi connectivity index (χ0v) is 16.0. The first-order valence-corrected chi connectivity index (χ1v) is 9.17. The molecule has 0 radical (unpaired) electrons. The van der Waals surface area contributed by atoms with Crippen LogP contribution in [0.5, 0.6) is 5.75 Å². The molecule has 1 N–H and O–H groups in total. The number of nitrogens with one attached hydrogen (secondary N) is 1. The Bertz CT molecular complexity index is 900. The van der Waals surface area contributed by atoms with Crippen molar-refractivity contribution in [1.29, 1.82) is 0 Å². The molecular weight excluding hydrogens is 387 g/mol. The monoisotopic (exact) mass is 404 g/mol. The van der Waals surface area contributed by atoms with Gasteiger partial charge in [0.05, 0.1) is 24.4 Å². The molecule has 1 aromatic heterocycles. The van der Waals surface area contributed by atoms with E-state index >= 15 is 0 Å². The molecule has 6 nitrogen and oxygen atoms in total. The first kappa shape index (κ1) is 19.2. The molecule has 3 rings (SSSR count). The highest BCUT2D eigenvalue weighted by atomic mass is 35.5. The van der Waals surface area contributed by atoms with Gasteiger partial charge in [0, 0.05) is 11.6 Å². The van der Waals surface area contributed by atoms with Gasteiger partial charge in [0.2, 0.25) is 0 Å². The number of benzene rings is 2. The van der Waals surface area contributed by atoms with Gasteiger partial charge >= 0.3 is 0 Å². The minimum atomic E-state index is -0.265. The summed E-state index contributed by atoms with van der Waals surface area (Å²) >= 11 is 11.9. The topological polar surface area (TPSA) is 69.0 Å². The van der Waals surface area contributed by atoms with Crippen molar-refractivity contribution < 1.29 is 9.53 Å². The maximum absolute atomic E-state index is 12.1. The van der Waals surface area contributed by atoms with Crippen molar-refractivity contribution in [3.8, 4) is 5.75 Å². The summed E-state index contributed by atoms with van der Waals surface area (Å²) in [5.74, 6) is 0.301. The van der Waals surface area contributed by atoms with Crippen LogP contribution >= 0.6 is 23.2 Å². The van der Waals surface area contributed by atoms with E-state index in [-0.39, 0.29) is 11.6 Å². The molecule has 3 aromatic rings. The number of halogens is 2. The molecule has 27 heavy (non-hydrogen) atoms. The Morgan fingerprint density at radius 2 is 1.96 bits per heavy atom. The predicted octanol–water partition coefficient (Wildman–Crippen LogP) is 3.83. The third kappa shape index (κ3) is 5.70. The summed E-state index contributed by atoms with van der Waals surface area (Å²) in [5, 5.41) is 11.7. The number of nitrogens with zero attached hydrogens (tertiary/aromatic N) is 3. The summed E-state index contributed by atoms with van der Waals surface area (Å²) in [4.78, 5) is 12.1. The molecular formula is C19H18Cl2N4O2. The van der Waals surface area contributed by atoms with E-state index in [1.165, 1.54) is 0 Å². The lowest BCUT2D eigenvalue weighted by atomic mass is 10.2. The summed E-state index contributed by atoms with van der Waals surface area (Å²) in [6.07, 6.45) is 2.26. The number of hydrogen-bond acceptors (Lipinski definition) is 4. The molecule has 0 atom stereocenters. The number of hydrogen-bond donors (Lipinski definition) is 1. The molecule has 1 heterocycles. The zero-order chi connectivity index (χ0) is 19.1. The van der Waals surface area contributed by atoms with Crippen LogP contribution in [0.4, 0.5) is 0 Å². The number of carbonyl (C=O) groups is 1. The van der Waals surface area contributed by atoms with Crippen molar-refractivity contribution in [3.05, 3.63) is 76.0 Å². The van der Waals surface area contributed by atoms with Gasteiger partial charge in [0.15, 0.2) is 5.69 Å². The molecule has 0 saturated carbocycles. The highest BCUT2D eigenvalue weighted by molar-refractivity contribution is 6.35. The number of rotatable bonds is 8. The quantitative estimate of drug-likeness (QED) is 0.579. The smallest absolute Gasteiger partial charge is 0.273 e. The van der Waals surface area contributed by atoms with E-state index in [4.69, 9.17) is 27.9 Å². The normalized spacial score (nSPS) is 10.6. The van der Waals surface area contributed by atoms with Gasteiger partial charge in [-0.05, 0) is 30.2 Å². The number of ether oxygens (including phenoxy) is 1. The molecule has 140 valence electrons. The van der Waals surface area contributed by atoms with Crippen molar-refractivity contribution in [2.24, 2.45) is 0 Å². The fourth-order valence-corrected chi connectivity index (χ4v) is 2.85. The van der Waals surface area contributed by atoms with Gasteiger partial charge in [-0.25, -0.2) is 4.68 Å². The average molecular weight is 405 g/mol. The second kappa shape index (κ2) is 9.39. The van der Waals surface area contributed by atoms with Gasteiger partial charge in [-0.1, -0.05) is 58.7 Å². The van der Waals surface area contributed by atoms with Gasteiger partial charge in [0.1, 0.15) is 5.75 Å². The van der Waals surface area contributed by atoms with E-state index in [9.17, 15) is 4.79 Å². The Labute approximate surface area is 167 Å². The fraction of sp³-hybridized carbons (Fsp3) is 0.211. The second-order valence-electron chi connectivity index (χ2n) is 5.82. The SMILES string of the molecule is O=C(NCCCOc1ccc(Cl)cc1Cl)c1cn(Cc2ccccc2)nn1. The third-order valence-electron chi connectivity index (χ3n) is 3.72. The largest absolute Gasteiger partial charge is 0.492 e. The lowest BCUT2D eigenvalue weighted by Crippen LogP contribution is -2.26. The maximum Gasteiger partial charge on any atom is 0.273 e. The molecule has 0 unspecified atom stereocenters. The van der Waals surface area contributed by atoms with Crippen molar-refractivity contribution in [2.75, 3.05) is 13.2 Å². The van der Waals surface area contributed by atoms with Crippen LogP contribution in [0, 0.1) is 0 Å². The number of amides is 1. The highest BCUT2D eigenvalue weighted by Crippen LogP contribution is 2.27. The van der Waals surface area contributed by atoms with Crippen LogP contribution in [0.1, 0.15) is 22.5 Å². The van der Waals surface area contributed by atoms with E-state index in [0.717, 1.165) is 5.56 Å². The Morgan fingerprint density at radius 3 is 2.74 bits per heavy atom. The Hall–Kier alpha value is -2.57. The second-order valence-corrected chi connectivity index (χ2v) is 6.66. The van der Waals surface area contributed by atoms with Crippen LogP contribution in [0.15, 0.2) is 54.7 Å². The summed E-state index contributed by atoms with van der Waals surface area (Å²) in [6, 6.07) is 14.9. The number of aromatic nitrogens is 3. The summed E-state index contributed by atoms with van der Waals surface area (Å²) in [7, 11) is 0. The fourth-order valence-electron chi connectivity index (χ4n) is 2.39. The predicted molar refractivity (Wildman–Crippen MR) is 104 cm³/mol. The minimum absolute atomic E-state index is 0.265. The van der Waals surface area contributed by atoms with Gasteiger partial charge in [-0.3, -0.25) is 4.79 Å². The van der Waals surface area contributed by atoms with E-state index in [2.05, 4.69) is 15.6 Å². The summed E-state index contributed by atoms with van der Waals surface area (Å²) < 4.78 is 7.21. The maximum atomic E-state index is 12.1. The molecule has 0 aliphatic carbocycles. The van der Waals surface area contributed by atoms with E-state index in [0.29, 0.717) is 41.9 Å². The van der Waals surface area contributed by atoms with Crippen molar-refractivity contribution in [2.45, 2.75) is 13.0 Å². The Kier molecular flexibility index (Phi) is 6.68. The number of carbonyl (C=O) groups excluding carboxylic acids is 1. The summed E-state index contributed by atoms with van der Waals surface area (Å²) in [5.41, 5.74) is 1.37. The Balaban J connectivity index is 1.40. The van der Waals surface area contributed by atoms with E-state index in [1.54, 1.807) is 29.1 Å². The highest BCUT2D eigenvalue weighted by Gasteiger charge is 2.10. The minimum Gasteiger partial charge on any atom is -0.492 e. The van der Waals surface area contributed by atoms with Gasteiger partial charge in [-0.2, -0.15) is 0 Å². The molecule has 0 fully saturated rings. The molecule has 0 bridgehead atoms. The van der Waals surface area contributed by atoms with Crippen LogP contribution in [0.2, 0.25) is 10.0 Å². The van der Waals surface area contributed by atoms with Crippen LogP contribution in [0.25, 0.3) is 0 Å². The standard InChI is InChI=1S/C19H18Cl2N4O2/c20-15-7-8-18(16(21)11-15)27-10-4-9-22-19(26)17-13-25(24-23-17)12-14-5-2-1-3-6-14/h1-3,5-8,11,13H,4,9-10,12H2,(H,22,26). The lowest BCUT2D eigenvalue weighted by Gasteiger charge is -2.08. The van der Waals surface area contributed by atoms with Crippen LogP contribution in [-0.2, 0) is 6.54 Å².